The fourth-order valence-electron chi connectivity index (χ4n) is 5.98. The second kappa shape index (κ2) is 16.0. The summed E-state index contributed by atoms with van der Waals surface area (Å²) in [5.41, 5.74) is 1.67. The molecule has 9 nitrogen and oxygen atoms in total. The van der Waals surface area contributed by atoms with E-state index in [0.717, 1.165) is 35.6 Å². The van der Waals surface area contributed by atoms with Gasteiger partial charge in [-0.1, -0.05) is 85.1 Å². The van der Waals surface area contributed by atoms with E-state index in [9.17, 15) is 18.0 Å². The van der Waals surface area contributed by atoms with Crippen LogP contribution < -0.4 is 19.1 Å². The lowest BCUT2D eigenvalue weighted by atomic mass is 10.0. The second-order valence-corrected chi connectivity index (χ2v) is 14.0. The number of sulfonamides is 1. The van der Waals surface area contributed by atoms with E-state index >= 15 is 0 Å². The lowest BCUT2D eigenvalue weighted by Crippen LogP contribution is -2.54. The zero-order valence-corrected chi connectivity index (χ0v) is 28.6. The van der Waals surface area contributed by atoms with Crippen molar-refractivity contribution in [2.24, 2.45) is 0 Å². The van der Waals surface area contributed by atoms with Crippen LogP contribution in [-0.2, 0) is 32.6 Å². The number of carbonyl (C=O) groups is 2. The van der Waals surface area contributed by atoms with Gasteiger partial charge in [0.15, 0.2) is 0 Å². The van der Waals surface area contributed by atoms with Crippen LogP contribution in [0.5, 0.6) is 11.5 Å². The number of ether oxygens (including phenoxy) is 2. The number of amides is 2. The van der Waals surface area contributed by atoms with E-state index < -0.39 is 28.5 Å². The molecule has 0 spiro atoms. The molecule has 1 unspecified atom stereocenters. The molecule has 5 rings (SSSR count). The van der Waals surface area contributed by atoms with E-state index in [2.05, 4.69) is 5.32 Å². The molecular weight excluding hydrogens is 650 g/mol. The van der Waals surface area contributed by atoms with Crippen molar-refractivity contribution in [1.29, 1.82) is 0 Å². The van der Waals surface area contributed by atoms with Gasteiger partial charge in [-0.15, -0.1) is 0 Å². The predicted molar refractivity (Wildman–Crippen MR) is 187 cm³/mol. The average Bonchev–Trinajstić information content (AvgIpc) is 3.62. The van der Waals surface area contributed by atoms with E-state index in [4.69, 9.17) is 21.1 Å². The van der Waals surface area contributed by atoms with Gasteiger partial charge in [-0.2, -0.15) is 0 Å². The van der Waals surface area contributed by atoms with Crippen molar-refractivity contribution in [3.63, 3.8) is 0 Å². The summed E-state index contributed by atoms with van der Waals surface area (Å²) in [7, 11) is -1.42. The maximum atomic E-state index is 14.8. The second-order valence-electron chi connectivity index (χ2n) is 11.7. The number of methoxy groups -OCH3 is 2. The molecule has 1 aliphatic carbocycles. The van der Waals surface area contributed by atoms with Crippen LogP contribution in [0.1, 0.15) is 36.8 Å². The van der Waals surface area contributed by atoms with Crippen molar-refractivity contribution < 1.29 is 27.5 Å². The Bertz CT molecular complexity index is 1800. The Morgan fingerprint density at radius 1 is 0.854 bits per heavy atom. The van der Waals surface area contributed by atoms with E-state index in [0.29, 0.717) is 16.3 Å². The summed E-state index contributed by atoms with van der Waals surface area (Å²) in [5.74, 6) is -0.274. The Morgan fingerprint density at radius 3 is 2.17 bits per heavy atom. The van der Waals surface area contributed by atoms with Crippen molar-refractivity contribution in [1.82, 2.24) is 10.2 Å². The first-order valence-corrected chi connectivity index (χ1v) is 17.7. The molecule has 11 heteroatoms. The van der Waals surface area contributed by atoms with Gasteiger partial charge in [0, 0.05) is 30.1 Å². The van der Waals surface area contributed by atoms with Crippen LogP contribution in [0.25, 0.3) is 0 Å². The van der Waals surface area contributed by atoms with Gasteiger partial charge in [0.2, 0.25) is 11.8 Å². The molecule has 0 heterocycles. The fourth-order valence-corrected chi connectivity index (χ4v) is 7.63. The van der Waals surface area contributed by atoms with Crippen molar-refractivity contribution in [2.75, 3.05) is 25.1 Å². The highest BCUT2D eigenvalue weighted by Gasteiger charge is 2.36. The predicted octanol–water partition coefficient (Wildman–Crippen LogP) is 6.25. The van der Waals surface area contributed by atoms with Gasteiger partial charge in [0.05, 0.1) is 24.8 Å². The summed E-state index contributed by atoms with van der Waals surface area (Å²) in [6.45, 7) is -0.604. The molecule has 1 atom stereocenters. The Labute approximate surface area is 287 Å². The minimum Gasteiger partial charge on any atom is -0.497 e. The summed E-state index contributed by atoms with van der Waals surface area (Å²) in [6, 6.07) is 28.2. The minimum atomic E-state index is -4.31. The average molecular weight is 690 g/mol. The van der Waals surface area contributed by atoms with Gasteiger partial charge in [-0.05, 0) is 60.4 Å². The molecule has 2 amide bonds. The smallest absolute Gasteiger partial charge is 0.264 e. The Hall–Kier alpha value is -4.54. The molecule has 0 bridgehead atoms. The van der Waals surface area contributed by atoms with E-state index in [1.165, 1.54) is 37.3 Å². The standard InChI is InChI=1S/C37H40ClN3O6S/c1-46-31-20-21-35(47-2)33(24-31)41(48(44,45)32-18-7-4-8-19-32)26-36(42)40(25-28-14-11-15-29(38)22-28)34(23-27-12-5-3-6-13-27)37(43)39-30-16-9-10-17-30/h3-8,11-15,18-22,24,30,34H,9-10,16-17,23,25-26H2,1-2H3,(H,39,43). The zero-order chi connectivity index (χ0) is 34.1. The molecule has 0 radical (unpaired) electrons. The van der Waals surface area contributed by atoms with Gasteiger partial charge < -0.3 is 19.7 Å². The SMILES string of the molecule is COc1ccc(OC)c(N(CC(=O)N(Cc2cccc(Cl)c2)C(Cc2ccccc2)C(=O)NC2CCCC2)S(=O)(=O)c2ccccc2)c1. The Kier molecular flexibility index (Phi) is 11.6. The lowest BCUT2D eigenvalue weighted by Gasteiger charge is -2.34. The van der Waals surface area contributed by atoms with Gasteiger partial charge in [0.1, 0.15) is 24.1 Å². The highest BCUT2D eigenvalue weighted by atomic mass is 35.5. The summed E-state index contributed by atoms with van der Waals surface area (Å²) >= 11 is 6.35. The quantitative estimate of drug-likeness (QED) is 0.168. The minimum absolute atomic E-state index is 0.00916. The Balaban J connectivity index is 1.61. The van der Waals surface area contributed by atoms with Crippen LogP contribution in [0, 0.1) is 0 Å². The monoisotopic (exact) mass is 689 g/mol. The van der Waals surface area contributed by atoms with Crippen molar-refractivity contribution in [3.8, 4) is 11.5 Å². The molecule has 1 aliphatic rings. The molecule has 4 aromatic rings. The summed E-state index contributed by atoms with van der Waals surface area (Å²) in [5, 5.41) is 3.66. The number of hydrogen-bond donors (Lipinski definition) is 1. The number of hydrogen-bond acceptors (Lipinski definition) is 6. The van der Waals surface area contributed by atoms with Gasteiger partial charge >= 0.3 is 0 Å². The summed E-state index contributed by atoms with van der Waals surface area (Å²) in [6.07, 6.45) is 4.00. The van der Waals surface area contributed by atoms with Crippen LogP contribution in [0.4, 0.5) is 5.69 Å². The maximum absolute atomic E-state index is 14.8. The molecule has 1 fully saturated rings. The van der Waals surface area contributed by atoms with Crippen LogP contribution in [0.15, 0.2) is 108 Å². The first-order chi connectivity index (χ1) is 23.2. The number of nitrogens with one attached hydrogen (secondary N) is 1. The number of nitrogens with zero attached hydrogens (tertiary/aromatic N) is 2. The highest BCUT2D eigenvalue weighted by molar-refractivity contribution is 7.92. The van der Waals surface area contributed by atoms with Crippen LogP contribution in [0.2, 0.25) is 5.02 Å². The number of anilines is 1. The van der Waals surface area contributed by atoms with Gasteiger partial charge in [-0.3, -0.25) is 13.9 Å². The van der Waals surface area contributed by atoms with Crippen LogP contribution >= 0.6 is 11.6 Å². The molecule has 1 saturated carbocycles. The third-order valence-electron chi connectivity index (χ3n) is 8.48. The van der Waals surface area contributed by atoms with E-state index in [-0.39, 0.29) is 41.2 Å². The van der Waals surface area contributed by atoms with Gasteiger partial charge in [-0.25, -0.2) is 8.42 Å². The lowest BCUT2D eigenvalue weighted by molar-refractivity contribution is -0.140. The molecule has 0 aromatic heterocycles. The first-order valence-electron chi connectivity index (χ1n) is 15.9. The van der Waals surface area contributed by atoms with Crippen LogP contribution in [-0.4, -0.2) is 58.0 Å². The number of rotatable bonds is 14. The number of carbonyl (C=O) groups excluding carboxylic acids is 2. The number of benzene rings is 4. The summed E-state index contributed by atoms with van der Waals surface area (Å²) in [4.78, 5) is 30.4. The van der Waals surface area contributed by atoms with Gasteiger partial charge in [0.25, 0.3) is 10.0 Å². The summed E-state index contributed by atoms with van der Waals surface area (Å²) < 4.78 is 40.7. The molecule has 0 aliphatic heterocycles. The maximum Gasteiger partial charge on any atom is 0.264 e. The molecular formula is C37H40ClN3O6S. The molecule has 252 valence electrons. The van der Waals surface area contributed by atoms with Crippen molar-refractivity contribution in [2.45, 2.75) is 55.6 Å². The normalized spacial score (nSPS) is 13.8. The Morgan fingerprint density at radius 2 is 1.52 bits per heavy atom. The van der Waals surface area contributed by atoms with Crippen LogP contribution in [0.3, 0.4) is 0 Å². The zero-order valence-electron chi connectivity index (χ0n) is 27.0. The molecule has 4 aromatic carbocycles. The van der Waals surface area contributed by atoms with E-state index in [1.54, 1.807) is 48.5 Å². The topological polar surface area (TPSA) is 105 Å². The third kappa shape index (κ3) is 8.48. The molecule has 1 N–H and O–H groups in total. The van der Waals surface area contributed by atoms with E-state index in [1.807, 2.05) is 36.4 Å². The first kappa shape index (κ1) is 34.8. The highest BCUT2D eigenvalue weighted by Crippen LogP contribution is 2.36. The number of halogens is 1. The fraction of sp³-hybridized carbons (Fsp3) is 0.297. The molecule has 48 heavy (non-hydrogen) atoms. The van der Waals surface area contributed by atoms with Crippen molar-refractivity contribution >= 4 is 39.1 Å². The molecule has 0 saturated heterocycles. The van der Waals surface area contributed by atoms with Crippen molar-refractivity contribution in [3.05, 3.63) is 119 Å². The third-order valence-corrected chi connectivity index (χ3v) is 10.5. The largest absolute Gasteiger partial charge is 0.497 e.